The molecule has 4 nitrogen and oxygen atoms in total. The fourth-order valence-electron chi connectivity index (χ4n) is 4.46. The maximum Gasteiger partial charge on any atom is 0.268 e. The van der Waals surface area contributed by atoms with E-state index < -0.39 is 15.5 Å². The van der Waals surface area contributed by atoms with Gasteiger partial charge in [-0.05, 0) is 37.0 Å². The number of aldehydes is 1. The highest BCUT2D eigenvalue weighted by Crippen LogP contribution is 2.56. The minimum Gasteiger partial charge on any atom is -0.303 e. The van der Waals surface area contributed by atoms with Crippen LogP contribution in [0.3, 0.4) is 0 Å². The minimum absolute atomic E-state index is 0.163. The van der Waals surface area contributed by atoms with Crippen LogP contribution in [0.4, 0.5) is 0 Å². The molecule has 0 aromatic rings. The Kier molecular flexibility index (Phi) is 5.38. The first-order valence-electron chi connectivity index (χ1n) is 8.63. The van der Waals surface area contributed by atoms with Crippen molar-refractivity contribution >= 4 is 16.4 Å². The van der Waals surface area contributed by atoms with Crippen LogP contribution in [0.5, 0.6) is 0 Å². The van der Waals surface area contributed by atoms with Crippen molar-refractivity contribution in [1.82, 2.24) is 0 Å². The molecule has 2 unspecified atom stereocenters. The zero-order valence-electron chi connectivity index (χ0n) is 14.1. The maximum atomic E-state index is 12.5. The molecule has 5 heteroatoms. The van der Waals surface area contributed by atoms with Gasteiger partial charge in [-0.3, -0.25) is 4.18 Å². The minimum atomic E-state index is -3.67. The van der Waals surface area contributed by atoms with Crippen LogP contribution >= 0.6 is 0 Å². The molecule has 2 aliphatic rings. The van der Waals surface area contributed by atoms with Gasteiger partial charge in [-0.1, -0.05) is 46.5 Å². The molecule has 0 N–H and O–H groups in total. The van der Waals surface area contributed by atoms with Gasteiger partial charge in [0, 0.05) is 5.41 Å². The number of carbonyl (C=O) groups is 1. The second kappa shape index (κ2) is 6.60. The van der Waals surface area contributed by atoms with Gasteiger partial charge in [-0.25, -0.2) is 0 Å². The van der Waals surface area contributed by atoms with Gasteiger partial charge >= 0.3 is 0 Å². The Labute approximate surface area is 135 Å². The van der Waals surface area contributed by atoms with E-state index >= 15 is 0 Å². The zero-order chi connectivity index (χ0) is 16.4. The summed E-state index contributed by atoms with van der Waals surface area (Å²) in [6.45, 7) is 6.19. The molecule has 0 saturated heterocycles. The van der Waals surface area contributed by atoms with Crippen LogP contribution < -0.4 is 0 Å². The largest absolute Gasteiger partial charge is 0.303 e. The Morgan fingerprint density at radius 1 is 1.14 bits per heavy atom. The second-order valence-corrected chi connectivity index (χ2v) is 9.29. The van der Waals surface area contributed by atoms with Crippen molar-refractivity contribution in [1.29, 1.82) is 0 Å². The van der Waals surface area contributed by atoms with Crippen LogP contribution in [0.15, 0.2) is 0 Å². The summed E-state index contributed by atoms with van der Waals surface area (Å²) in [5.41, 5.74) is -1.10. The molecule has 0 aromatic carbocycles. The van der Waals surface area contributed by atoms with Gasteiger partial charge < -0.3 is 4.79 Å². The summed E-state index contributed by atoms with van der Waals surface area (Å²) < 4.78 is 30.5. The van der Waals surface area contributed by atoms with Gasteiger partial charge in [0.05, 0.1) is 11.9 Å². The number of rotatable bonds is 6. The summed E-state index contributed by atoms with van der Waals surface area (Å²) in [5.74, 6) is 0.228. The molecule has 0 amide bonds. The predicted molar refractivity (Wildman–Crippen MR) is 87.0 cm³/mol. The second-order valence-electron chi connectivity index (χ2n) is 7.70. The molecule has 2 aliphatic carbocycles. The molecular formula is C17H30O4S. The summed E-state index contributed by atoms with van der Waals surface area (Å²) >= 11 is 0. The Bertz CT molecular complexity index is 491. The van der Waals surface area contributed by atoms with Gasteiger partial charge in [0.2, 0.25) is 0 Å². The van der Waals surface area contributed by atoms with Crippen molar-refractivity contribution < 1.29 is 17.4 Å². The van der Waals surface area contributed by atoms with E-state index in [2.05, 4.69) is 6.92 Å². The van der Waals surface area contributed by atoms with Gasteiger partial charge in [0.25, 0.3) is 10.1 Å². The molecule has 0 aliphatic heterocycles. The molecule has 2 saturated carbocycles. The van der Waals surface area contributed by atoms with Crippen LogP contribution in [0.25, 0.3) is 0 Å². The van der Waals surface area contributed by atoms with Crippen LogP contribution in [0, 0.1) is 16.7 Å². The van der Waals surface area contributed by atoms with E-state index in [9.17, 15) is 13.2 Å². The molecule has 0 spiro atoms. The molecule has 2 fully saturated rings. The number of hydrogen-bond acceptors (Lipinski definition) is 4. The van der Waals surface area contributed by atoms with Crippen molar-refractivity contribution in [3.63, 3.8) is 0 Å². The lowest BCUT2D eigenvalue weighted by atomic mass is 9.66. The Morgan fingerprint density at radius 2 is 1.77 bits per heavy atom. The van der Waals surface area contributed by atoms with Crippen molar-refractivity contribution in [2.45, 2.75) is 78.2 Å². The number of hydrogen-bond donors (Lipinski definition) is 0. The summed E-state index contributed by atoms with van der Waals surface area (Å²) in [6, 6.07) is 0. The van der Waals surface area contributed by atoms with E-state index in [1.54, 1.807) is 0 Å². The first-order valence-corrected chi connectivity index (χ1v) is 10.2. The smallest absolute Gasteiger partial charge is 0.268 e. The van der Waals surface area contributed by atoms with Crippen molar-refractivity contribution in [3.05, 3.63) is 0 Å². The Morgan fingerprint density at radius 3 is 2.27 bits per heavy atom. The Hall–Kier alpha value is -0.420. The van der Waals surface area contributed by atoms with Gasteiger partial charge in [-0.2, -0.15) is 8.42 Å². The average Bonchev–Trinajstić information content (AvgIpc) is 2.70. The highest BCUT2D eigenvalue weighted by molar-refractivity contribution is 7.86. The van der Waals surface area contributed by atoms with Gasteiger partial charge in [0.1, 0.15) is 6.29 Å². The van der Waals surface area contributed by atoms with E-state index in [0.29, 0.717) is 12.3 Å². The van der Waals surface area contributed by atoms with E-state index in [-0.39, 0.29) is 17.3 Å². The molecule has 2 rings (SSSR count). The quantitative estimate of drug-likeness (QED) is 0.550. The standard InChI is InChI=1S/C17H30O4S/c1-4-14-10-11-17(12-18,16(14,2)3)13-22(19,20)21-15-8-6-5-7-9-15/h12,14-15H,4-11,13H2,1-3H3. The van der Waals surface area contributed by atoms with E-state index in [0.717, 1.165) is 51.2 Å². The monoisotopic (exact) mass is 330 g/mol. The van der Waals surface area contributed by atoms with Crippen molar-refractivity contribution in [2.24, 2.45) is 16.7 Å². The van der Waals surface area contributed by atoms with E-state index in [4.69, 9.17) is 4.18 Å². The SMILES string of the molecule is CCC1CCC(C=O)(CS(=O)(=O)OC2CCCCC2)C1(C)C. The lowest BCUT2D eigenvalue weighted by Gasteiger charge is -2.40. The van der Waals surface area contributed by atoms with Crippen LogP contribution in [0.2, 0.25) is 0 Å². The molecule has 22 heavy (non-hydrogen) atoms. The third kappa shape index (κ3) is 3.40. The normalized spacial score (nSPS) is 33.0. The summed E-state index contributed by atoms with van der Waals surface area (Å²) in [7, 11) is -3.67. The Balaban J connectivity index is 2.13. The average molecular weight is 330 g/mol. The summed E-state index contributed by atoms with van der Waals surface area (Å²) in [4.78, 5) is 11.9. The molecule has 128 valence electrons. The third-order valence-electron chi connectivity index (χ3n) is 6.23. The van der Waals surface area contributed by atoms with E-state index in [1.807, 2.05) is 13.8 Å². The lowest BCUT2D eigenvalue weighted by Crippen LogP contribution is -2.44. The first kappa shape index (κ1) is 17.9. The topological polar surface area (TPSA) is 60.4 Å². The molecule has 0 aromatic heterocycles. The third-order valence-corrected chi connectivity index (χ3v) is 7.66. The van der Waals surface area contributed by atoms with Gasteiger partial charge in [-0.15, -0.1) is 0 Å². The fraction of sp³-hybridized carbons (Fsp3) is 0.941. The molecule has 0 bridgehead atoms. The number of carbonyl (C=O) groups excluding carboxylic acids is 1. The molecular weight excluding hydrogens is 300 g/mol. The van der Waals surface area contributed by atoms with Crippen LogP contribution in [-0.4, -0.2) is 26.6 Å². The predicted octanol–water partition coefficient (Wildman–Crippen LogP) is 3.70. The molecule has 0 radical (unpaired) electrons. The van der Waals surface area contributed by atoms with Crippen molar-refractivity contribution in [3.8, 4) is 0 Å². The first-order chi connectivity index (χ1) is 10.3. The molecule has 0 heterocycles. The summed E-state index contributed by atoms with van der Waals surface area (Å²) in [5, 5.41) is 0. The summed E-state index contributed by atoms with van der Waals surface area (Å²) in [6.07, 6.45) is 8.10. The maximum absolute atomic E-state index is 12.5. The van der Waals surface area contributed by atoms with E-state index in [1.165, 1.54) is 0 Å². The lowest BCUT2D eigenvalue weighted by molar-refractivity contribution is -0.120. The van der Waals surface area contributed by atoms with Crippen LogP contribution in [-0.2, 0) is 19.1 Å². The van der Waals surface area contributed by atoms with Crippen molar-refractivity contribution in [2.75, 3.05) is 5.75 Å². The van der Waals surface area contributed by atoms with Crippen LogP contribution in [0.1, 0.15) is 72.1 Å². The molecule has 2 atom stereocenters. The zero-order valence-corrected chi connectivity index (χ0v) is 15.0. The fourth-order valence-corrected chi connectivity index (χ4v) is 6.35. The highest BCUT2D eigenvalue weighted by Gasteiger charge is 2.56. The van der Waals surface area contributed by atoms with Gasteiger partial charge in [0.15, 0.2) is 0 Å². The highest BCUT2D eigenvalue weighted by atomic mass is 32.2.